The number of hydrogen-bond acceptors (Lipinski definition) is 3. The van der Waals surface area contributed by atoms with Gasteiger partial charge in [-0.3, -0.25) is 0 Å². The molecule has 0 amide bonds. The molecule has 3 nitrogen and oxygen atoms in total. The number of aliphatic hydroxyl groups excluding tert-OH is 2. The van der Waals surface area contributed by atoms with Gasteiger partial charge in [0.1, 0.15) is 5.75 Å². The first-order valence-electron chi connectivity index (χ1n) is 5.94. The molecule has 0 radical (unpaired) electrons. The van der Waals surface area contributed by atoms with Crippen LogP contribution in [0.4, 0.5) is 0 Å². The van der Waals surface area contributed by atoms with Crippen LogP contribution in [-0.4, -0.2) is 30.0 Å². The van der Waals surface area contributed by atoms with Crippen molar-refractivity contribution in [2.45, 2.75) is 39.2 Å². The molecule has 0 aliphatic heterocycles. The number of aliphatic hydroxyl groups is 2. The van der Waals surface area contributed by atoms with E-state index in [0.29, 0.717) is 6.42 Å². The summed E-state index contributed by atoms with van der Waals surface area (Å²) in [4.78, 5) is 0. The minimum atomic E-state index is -0.646. The molecular weight excluding hydrogens is 216 g/mol. The van der Waals surface area contributed by atoms with Gasteiger partial charge in [-0.2, -0.15) is 0 Å². The molecule has 1 rings (SSSR count). The van der Waals surface area contributed by atoms with E-state index in [9.17, 15) is 5.11 Å². The van der Waals surface area contributed by atoms with Crippen LogP contribution in [0, 0.1) is 13.8 Å². The van der Waals surface area contributed by atoms with Gasteiger partial charge in [0.15, 0.2) is 0 Å². The first-order chi connectivity index (χ1) is 8.01. The molecule has 0 saturated carbocycles. The second-order valence-corrected chi connectivity index (χ2v) is 4.58. The quantitative estimate of drug-likeness (QED) is 0.826. The molecule has 2 N–H and O–H groups in total. The summed E-state index contributed by atoms with van der Waals surface area (Å²) in [6.07, 6.45) is -0.0739. The van der Waals surface area contributed by atoms with Crippen LogP contribution in [0.25, 0.3) is 0 Å². The zero-order chi connectivity index (χ0) is 13.0. The molecule has 1 aromatic carbocycles. The maximum atomic E-state index is 9.48. The fourth-order valence-corrected chi connectivity index (χ4v) is 2.18. The molecule has 3 heteroatoms. The normalized spacial score (nSPS) is 14.5. The largest absolute Gasteiger partial charge is 0.496 e. The molecule has 2 atom stereocenters. The zero-order valence-electron chi connectivity index (χ0n) is 11.0. The van der Waals surface area contributed by atoms with Crippen molar-refractivity contribution in [2.24, 2.45) is 0 Å². The average Bonchev–Trinajstić information content (AvgIpc) is 2.32. The smallest absolute Gasteiger partial charge is 0.122 e. The van der Waals surface area contributed by atoms with Gasteiger partial charge in [-0.05, 0) is 48.9 Å². The lowest BCUT2D eigenvalue weighted by Crippen LogP contribution is -2.15. The summed E-state index contributed by atoms with van der Waals surface area (Å²) in [5.41, 5.74) is 3.54. The van der Waals surface area contributed by atoms with Crippen LogP contribution in [0.2, 0.25) is 0 Å². The van der Waals surface area contributed by atoms with Crippen LogP contribution < -0.4 is 4.74 Å². The fourth-order valence-electron chi connectivity index (χ4n) is 2.18. The molecule has 0 fully saturated rings. The van der Waals surface area contributed by atoms with Gasteiger partial charge in [-0.15, -0.1) is 0 Å². The van der Waals surface area contributed by atoms with Crippen molar-refractivity contribution in [2.75, 3.05) is 13.7 Å². The van der Waals surface area contributed by atoms with E-state index in [-0.39, 0.29) is 12.5 Å². The molecular formula is C14H22O3. The molecule has 0 heterocycles. The van der Waals surface area contributed by atoms with Gasteiger partial charge < -0.3 is 14.9 Å². The van der Waals surface area contributed by atoms with E-state index in [1.807, 2.05) is 19.1 Å². The maximum Gasteiger partial charge on any atom is 0.122 e. The molecule has 1 aromatic rings. The average molecular weight is 238 g/mol. The summed E-state index contributed by atoms with van der Waals surface area (Å²) in [5.74, 6) is 1.11. The van der Waals surface area contributed by atoms with E-state index in [1.165, 1.54) is 11.1 Å². The highest BCUT2D eigenvalue weighted by Crippen LogP contribution is 2.30. The molecule has 0 spiro atoms. The van der Waals surface area contributed by atoms with Gasteiger partial charge in [-0.1, -0.05) is 13.0 Å². The highest BCUT2D eigenvalue weighted by Gasteiger charge is 2.15. The Bertz CT molecular complexity index is 374. The zero-order valence-corrected chi connectivity index (χ0v) is 11.0. The number of methoxy groups -OCH3 is 1. The molecule has 0 aliphatic rings. The highest BCUT2D eigenvalue weighted by molar-refractivity contribution is 5.44. The predicted octanol–water partition coefficient (Wildman–Crippen LogP) is 2.16. The van der Waals surface area contributed by atoms with E-state index in [4.69, 9.17) is 9.84 Å². The fraction of sp³-hybridized carbons (Fsp3) is 0.571. The predicted molar refractivity (Wildman–Crippen MR) is 68.6 cm³/mol. The van der Waals surface area contributed by atoms with Crippen LogP contribution in [0.15, 0.2) is 12.1 Å². The third-order valence-electron chi connectivity index (χ3n) is 3.37. The van der Waals surface area contributed by atoms with Crippen molar-refractivity contribution in [1.82, 2.24) is 0 Å². The van der Waals surface area contributed by atoms with Crippen molar-refractivity contribution in [3.8, 4) is 5.75 Å². The van der Waals surface area contributed by atoms with Crippen LogP contribution >= 0.6 is 0 Å². The lowest BCUT2D eigenvalue weighted by molar-refractivity contribution is 0.0835. The third-order valence-corrected chi connectivity index (χ3v) is 3.37. The molecule has 0 aromatic heterocycles. The Labute approximate surface area is 103 Å². The standard InChI is InChI=1S/C14H22O3/c1-9(7-12(16)8-15)13-5-6-14(17-4)11(3)10(13)2/h5-6,9,12,15-16H,7-8H2,1-4H3. The van der Waals surface area contributed by atoms with E-state index in [0.717, 1.165) is 11.3 Å². The Morgan fingerprint density at radius 1 is 1.24 bits per heavy atom. The summed E-state index contributed by atoms with van der Waals surface area (Å²) >= 11 is 0. The monoisotopic (exact) mass is 238 g/mol. The van der Waals surface area contributed by atoms with E-state index in [2.05, 4.69) is 13.8 Å². The molecule has 0 bridgehead atoms. The van der Waals surface area contributed by atoms with Crippen LogP contribution in [0.1, 0.15) is 36.0 Å². The Kier molecular flexibility index (Phi) is 4.97. The molecule has 2 unspecified atom stereocenters. The van der Waals surface area contributed by atoms with Crippen LogP contribution in [0.3, 0.4) is 0 Å². The Hall–Kier alpha value is -1.06. The minimum absolute atomic E-state index is 0.182. The van der Waals surface area contributed by atoms with Crippen LogP contribution in [-0.2, 0) is 0 Å². The van der Waals surface area contributed by atoms with Crippen molar-refractivity contribution in [3.63, 3.8) is 0 Å². The van der Waals surface area contributed by atoms with E-state index in [1.54, 1.807) is 7.11 Å². The summed E-state index contributed by atoms with van der Waals surface area (Å²) in [7, 11) is 1.67. The number of rotatable bonds is 5. The van der Waals surface area contributed by atoms with Crippen molar-refractivity contribution < 1.29 is 14.9 Å². The SMILES string of the molecule is COc1ccc(C(C)CC(O)CO)c(C)c1C. The Morgan fingerprint density at radius 2 is 1.88 bits per heavy atom. The topological polar surface area (TPSA) is 49.7 Å². The summed E-state index contributed by atoms with van der Waals surface area (Å²) in [6, 6.07) is 4.00. The van der Waals surface area contributed by atoms with Crippen molar-refractivity contribution in [1.29, 1.82) is 0 Å². The molecule has 0 aliphatic carbocycles. The first kappa shape index (κ1) is 14.0. The van der Waals surface area contributed by atoms with Gasteiger partial charge in [0, 0.05) is 0 Å². The van der Waals surface area contributed by atoms with Gasteiger partial charge in [-0.25, -0.2) is 0 Å². The van der Waals surface area contributed by atoms with E-state index < -0.39 is 6.10 Å². The van der Waals surface area contributed by atoms with Gasteiger partial charge >= 0.3 is 0 Å². The van der Waals surface area contributed by atoms with Gasteiger partial charge in [0.05, 0.1) is 19.8 Å². The lowest BCUT2D eigenvalue weighted by Gasteiger charge is -2.19. The first-order valence-corrected chi connectivity index (χ1v) is 5.94. The van der Waals surface area contributed by atoms with Crippen LogP contribution in [0.5, 0.6) is 5.75 Å². The maximum absolute atomic E-state index is 9.48. The minimum Gasteiger partial charge on any atom is -0.496 e. The summed E-state index contributed by atoms with van der Waals surface area (Å²) < 4.78 is 5.27. The number of benzene rings is 1. The highest BCUT2D eigenvalue weighted by atomic mass is 16.5. The number of ether oxygens (including phenoxy) is 1. The Balaban J connectivity index is 2.95. The lowest BCUT2D eigenvalue weighted by atomic mass is 9.89. The number of hydrogen-bond donors (Lipinski definition) is 2. The van der Waals surface area contributed by atoms with Crippen molar-refractivity contribution in [3.05, 3.63) is 28.8 Å². The molecule has 0 saturated heterocycles. The van der Waals surface area contributed by atoms with E-state index >= 15 is 0 Å². The second-order valence-electron chi connectivity index (χ2n) is 4.58. The van der Waals surface area contributed by atoms with Crippen molar-refractivity contribution >= 4 is 0 Å². The van der Waals surface area contributed by atoms with Gasteiger partial charge in [0.2, 0.25) is 0 Å². The third kappa shape index (κ3) is 3.20. The second kappa shape index (κ2) is 6.03. The molecule has 96 valence electrons. The summed E-state index contributed by atoms with van der Waals surface area (Å²) in [5, 5.41) is 18.3. The molecule has 17 heavy (non-hydrogen) atoms. The van der Waals surface area contributed by atoms with Gasteiger partial charge in [0.25, 0.3) is 0 Å². The Morgan fingerprint density at radius 3 is 2.41 bits per heavy atom. The summed E-state index contributed by atoms with van der Waals surface area (Å²) in [6.45, 7) is 5.98.